The van der Waals surface area contributed by atoms with Crippen LogP contribution in [0.5, 0.6) is 5.75 Å². The zero-order valence-electron chi connectivity index (χ0n) is 16.7. The Morgan fingerprint density at radius 1 is 1.17 bits per heavy atom. The van der Waals surface area contributed by atoms with Gasteiger partial charge in [-0.1, -0.05) is 0 Å². The van der Waals surface area contributed by atoms with Gasteiger partial charge in [-0.15, -0.1) is 21.8 Å². The van der Waals surface area contributed by atoms with Crippen LogP contribution in [-0.2, 0) is 9.53 Å². The Hall–Kier alpha value is -2.08. The van der Waals surface area contributed by atoms with Crippen LogP contribution in [0.25, 0.3) is 11.5 Å². The van der Waals surface area contributed by atoms with Crippen LogP contribution in [0, 0.1) is 17.3 Å². The third kappa shape index (κ3) is 3.31. The van der Waals surface area contributed by atoms with E-state index in [2.05, 4.69) is 10.2 Å². The topological polar surface area (TPSA) is 74.5 Å². The Balaban J connectivity index is 1.30. The molecule has 2 aromatic rings. The number of rotatable bonds is 5. The van der Waals surface area contributed by atoms with E-state index in [0.29, 0.717) is 23.6 Å². The number of aromatic nitrogens is 2. The molecule has 0 aliphatic heterocycles. The molecule has 0 N–H and O–H groups in total. The summed E-state index contributed by atoms with van der Waals surface area (Å²) in [5.41, 5.74) is 0.340. The fourth-order valence-corrected chi connectivity index (χ4v) is 6.67. The van der Waals surface area contributed by atoms with Crippen molar-refractivity contribution in [2.24, 2.45) is 17.3 Å². The first-order valence-corrected chi connectivity index (χ1v) is 10.6. The van der Waals surface area contributed by atoms with E-state index >= 15 is 0 Å². The van der Waals surface area contributed by atoms with Gasteiger partial charge >= 0.3 is 5.97 Å². The van der Waals surface area contributed by atoms with Crippen LogP contribution in [0.3, 0.4) is 0 Å². The van der Waals surface area contributed by atoms with Crippen molar-refractivity contribution in [1.29, 1.82) is 0 Å². The summed E-state index contributed by atoms with van der Waals surface area (Å²) in [4.78, 5) is 13.0. The predicted molar refractivity (Wildman–Crippen MR) is 106 cm³/mol. The number of hydrogen-bond acceptors (Lipinski definition) is 6. The molecule has 6 rings (SSSR count). The average Bonchev–Trinajstić information content (AvgIpc) is 3.16. The Bertz CT molecular complexity index is 911. The van der Waals surface area contributed by atoms with Crippen LogP contribution in [0.4, 0.5) is 0 Å². The van der Waals surface area contributed by atoms with Gasteiger partial charge in [0, 0.05) is 10.4 Å². The molecule has 154 valence electrons. The smallest absolute Gasteiger partial charge is 0.312 e. The molecule has 4 aliphatic rings. The zero-order chi connectivity index (χ0) is 20.2. The van der Waals surface area contributed by atoms with Gasteiger partial charge in [-0.3, -0.25) is 4.79 Å². The lowest BCUT2D eigenvalue weighted by molar-refractivity contribution is -0.176. The first-order chi connectivity index (χ1) is 13.9. The number of hydrogen-bond donors (Lipinski definition) is 0. The maximum absolute atomic E-state index is 13.2. The molecular formula is C22H25ClN2O4. The molecule has 1 aromatic carbocycles. The number of alkyl halides is 1. The molecule has 4 bridgehead atoms. The molecule has 0 spiro atoms. The van der Waals surface area contributed by atoms with E-state index in [-0.39, 0.29) is 10.8 Å². The van der Waals surface area contributed by atoms with Crippen LogP contribution in [-0.4, -0.2) is 28.2 Å². The van der Waals surface area contributed by atoms with Gasteiger partial charge in [0.1, 0.15) is 5.75 Å². The van der Waals surface area contributed by atoms with E-state index in [4.69, 9.17) is 25.5 Å². The van der Waals surface area contributed by atoms with Crippen molar-refractivity contribution in [2.45, 2.75) is 56.4 Å². The van der Waals surface area contributed by atoms with Crippen molar-refractivity contribution >= 4 is 17.6 Å². The van der Waals surface area contributed by atoms with E-state index < -0.39 is 11.5 Å². The number of carbonyl (C=O) groups is 1. The minimum atomic E-state index is -0.596. The van der Waals surface area contributed by atoms with E-state index in [9.17, 15) is 4.79 Å². The van der Waals surface area contributed by atoms with Gasteiger partial charge < -0.3 is 13.9 Å². The van der Waals surface area contributed by atoms with Crippen molar-refractivity contribution in [3.8, 4) is 17.2 Å². The van der Waals surface area contributed by atoms with E-state index in [1.54, 1.807) is 14.0 Å². The third-order valence-corrected chi connectivity index (χ3v) is 7.27. The lowest BCUT2D eigenvalue weighted by Gasteiger charge is -2.58. The number of nitrogens with zero attached hydrogens (tertiary/aromatic N) is 2. The highest BCUT2D eigenvalue weighted by atomic mass is 35.5. The summed E-state index contributed by atoms with van der Waals surface area (Å²) in [5.74, 6) is 2.37. The summed E-state index contributed by atoms with van der Waals surface area (Å²) >= 11 is 6.85. The van der Waals surface area contributed by atoms with Crippen molar-refractivity contribution in [1.82, 2.24) is 10.2 Å². The van der Waals surface area contributed by atoms with Gasteiger partial charge in [-0.25, -0.2) is 0 Å². The van der Waals surface area contributed by atoms with E-state index in [0.717, 1.165) is 43.4 Å². The molecule has 0 saturated heterocycles. The van der Waals surface area contributed by atoms with Gasteiger partial charge in [0.25, 0.3) is 5.89 Å². The number of carbonyl (C=O) groups excluding carboxylic acids is 1. The highest BCUT2D eigenvalue weighted by Crippen LogP contribution is 2.64. The molecule has 4 fully saturated rings. The maximum Gasteiger partial charge on any atom is 0.312 e. The summed E-state index contributed by atoms with van der Waals surface area (Å²) in [6.45, 7) is 1.78. The summed E-state index contributed by atoms with van der Waals surface area (Å²) in [6.07, 6.45) is 5.18. The van der Waals surface area contributed by atoms with Crippen molar-refractivity contribution in [3.05, 3.63) is 30.2 Å². The summed E-state index contributed by atoms with van der Waals surface area (Å²) in [6, 6.07) is 7.36. The van der Waals surface area contributed by atoms with Gasteiger partial charge in [0.2, 0.25) is 5.89 Å². The largest absolute Gasteiger partial charge is 0.497 e. The Labute approximate surface area is 174 Å². The van der Waals surface area contributed by atoms with Crippen LogP contribution >= 0.6 is 11.6 Å². The highest BCUT2D eigenvalue weighted by Gasteiger charge is 2.61. The van der Waals surface area contributed by atoms with Crippen molar-refractivity contribution in [2.75, 3.05) is 7.11 Å². The first kappa shape index (κ1) is 18.9. The van der Waals surface area contributed by atoms with Gasteiger partial charge in [0.15, 0.2) is 6.10 Å². The molecule has 4 aliphatic carbocycles. The van der Waals surface area contributed by atoms with Crippen LogP contribution in [0.15, 0.2) is 28.7 Å². The summed E-state index contributed by atoms with van der Waals surface area (Å²) in [5, 5.41) is 8.20. The molecule has 1 aromatic heterocycles. The molecule has 0 radical (unpaired) electrons. The van der Waals surface area contributed by atoms with Crippen LogP contribution in [0.1, 0.15) is 57.4 Å². The minimum absolute atomic E-state index is 0.159. The molecule has 1 heterocycles. The normalized spacial score (nSPS) is 33.5. The highest BCUT2D eigenvalue weighted by molar-refractivity contribution is 6.24. The first-order valence-electron chi connectivity index (χ1n) is 10.3. The average molecular weight is 417 g/mol. The fraction of sp³-hybridized carbons (Fsp3) is 0.591. The lowest BCUT2D eigenvalue weighted by Crippen LogP contribution is -2.56. The molecule has 2 unspecified atom stereocenters. The quantitative estimate of drug-likeness (QED) is 0.508. The Morgan fingerprint density at radius 2 is 1.86 bits per heavy atom. The van der Waals surface area contributed by atoms with E-state index in [1.165, 1.54) is 6.42 Å². The minimum Gasteiger partial charge on any atom is -0.497 e. The second-order valence-electron chi connectivity index (χ2n) is 9.11. The SMILES string of the molecule is COc1ccc(-c2nnc([C@@H](C)OC(=O)C34C[C@@H]5C[C@@H](CC(Cl)(C5)C3)C4)o2)cc1. The molecule has 6 nitrogen and oxygen atoms in total. The Kier molecular flexibility index (Phi) is 4.39. The summed E-state index contributed by atoms with van der Waals surface area (Å²) in [7, 11) is 1.62. The van der Waals surface area contributed by atoms with Gasteiger partial charge in [-0.2, -0.15) is 0 Å². The van der Waals surface area contributed by atoms with Crippen molar-refractivity contribution < 1.29 is 18.7 Å². The van der Waals surface area contributed by atoms with Crippen LogP contribution in [0.2, 0.25) is 0 Å². The molecule has 29 heavy (non-hydrogen) atoms. The molecule has 4 saturated carbocycles. The predicted octanol–water partition coefficient (Wildman–Crippen LogP) is 4.93. The zero-order valence-corrected chi connectivity index (χ0v) is 17.4. The van der Waals surface area contributed by atoms with Crippen molar-refractivity contribution in [3.63, 3.8) is 0 Å². The third-order valence-electron chi connectivity index (χ3n) is 6.83. The number of methoxy groups -OCH3 is 1. The standard InChI is InChI=1S/C22H25ClN2O4/c1-13(18-24-25-19(29-18)16-3-5-17(27-2)6-4-16)28-20(26)21-8-14-7-15(9-21)11-22(23,10-14)12-21/h3-6,13-15H,7-12H2,1-2H3/t13-,14-,15+,21?,22?/m1/s1. The second kappa shape index (κ2) is 6.73. The second-order valence-corrected chi connectivity index (χ2v) is 9.92. The van der Waals surface area contributed by atoms with E-state index in [1.807, 2.05) is 24.3 Å². The summed E-state index contributed by atoms with van der Waals surface area (Å²) < 4.78 is 16.8. The molecule has 0 amide bonds. The van der Waals surface area contributed by atoms with Gasteiger partial charge in [0.05, 0.1) is 12.5 Å². The number of esters is 1. The fourth-order valence-electron chi connectivity index (χ4n) is 5.97. The number of ether oxygens (including phenoxy) is 2. The Morgan fingerprint density at radius 3 is 2.48 bits per heavy atom. The van der Waals surface area contributed by atoms with Crippen LogP contribution < -0.4 is 4.74 Å². The lowest BCUT2D eigenvalue weighted by atomic mass is 9.49. The monoisotopic (exact) mass is 416 g/mol. The maximum atomic E-state index is 13.2. The number of halogens is 1. The molecule has 5 atom stereocenters. The molecule has 7 heteroatoms. The van der Waals surface area contributed by atoms with Gasteiger partial charge in [-0.05, 0) is 81.5 Å². The molecular weight excluding hydrogens is 392 g/mol. The number of benzene rings is 1.